The van der Waals surface area contributed by atoms with Crippen LogP contribution in [-0.2, 0) is 7.05 Å². The van der Waals surface area contributed by atoms with Gasteiger partial charge < -0.3 is 15.0 Å². The van der Waals surface area contributed by atoms with Crippen LogP contribution in [0.2, 0.25) is 5.02 Å². The summed E-state index contributed by atoms with van der Waals surface area (Å²) in [6.45, 7) is 3.84. The average molecular weight is 444 g/mol. The minimum absolute atomic E-state index is 0.0783. The second-order valence-electron chi connectivity index (χ2n) is 8.19. The first-order valence-corrected chi connectivity index (χ1v) is 10.7. The Morgan fingerprint density at radius 1 is 1.19 bits per heavy atom. The molecule has 10 heteroatoms. The number of halogens is 2. The van der Waals surface area contributed by atoms with Gasteiger partial charge in [0.25, 0.3) is 0 Å². The van der Waals surface area contributed by atoms with Crippen LogP contribution in [-0.4, -0.2) is 43.9 Å². The van der Waals surface area contributed by atoms with Gasteiger partial charge >= 0.3 is 6.01 Å². The summed E-state index contributed by atoms with van der Waals surface area (Å²) in [5.74, 6) is 2.10. The normalized spacial score (nSPS) is 22.6. The summed E-state index contributed by atoms with van der Waals surface area (Å²) < 4.78 is 20.9. The zero-order valence-electron chi connectivity index (χ0n) is 17.3. The van der Waals surface area contributed by atoms with Gasteiger partial charge in [-0.2, -0.15) is 4.98 Å². The predicted molar refractivity (Wildman–Crippen MR) is 115 cm³/mol. The van der Waals surface area contributed by atoms with Gasteiger partial charge in [-0.15, -0.1) is 5.10 Å². The molecule has 2 bridgehead atoms. The fraction of sp³-hybridized carbons (Fsp3) is 0.429. The van der Waals surface area contributed by atoms with E-state index in [0.717, 1.165) is 37.4 Å². The second kappa shape index (κ2) is 7.96. The molecular weight excluding hydrogens is 421 g/mol. The van der Waals surface area contributed by atoms with Crippen LogP contribution in [0.3, 0.4) is 0 Å². The number of rotatable bonds is 5. The van der Waals surface area contributed by atoms with Gasteiger partial charge in [0, 0.05) is 37.9 Å². The molecular formula is C21H23ClFN7O. The lowest BCUT2D eigenvalue weighted by molar-refractivity contribution is 0.374. The molecule has 1 saturated carbocycles. The molecule has 0 unspecified atom stereocenters. The van der Waals surface area contributed by atoms with E-state index in [1.165, 1.54) is 16.8 Å². The molecule has 3 atom stereocenters. The molecule has 2 aliphatic rings. The number of ether oxygens (including phenoxy) is 1. The smallest absolute Gasteiger partial charge is 0.321 e. The zero-order valence-corrected chi connectivity index (χ0v) is 18.1. The molecule has 31 heavy (non-hydrogen) atoms. The molecule has 1 saturated heterocycles. The van der Waals surface area contributed by atoms with Crippen molar-refractivity contribution in [2.45, 2.75) is 25.8 Å². The van der Waals surface area contributed by atoms with E-state index >= 15 is 0 Å². The predicted octanol–water partition coefficient (Wildman–Crippen LogP) is 3.83. The van der Waals surface area contributed by atoms with Crippen LogP contribution in [0.25, 0.3) is 0 Å². The molecule has 162 valence electrons. The summed E-state index contributed by atoms with van der Waals surface area (Å²) >= 11 is 5.99. The Kier molecular flexibility index (Phi) is 5.13. The molecule has 2 fully saturated rings. The SMILES string of the molecule is Cc1cc(N2C[C@H]3CC[C@@H](C2)[C@@H]3Nc2nc(Oc3cccc(F)c3Cl)n(C)n2)ncn1. The van der Waals surface area contributed by atoms with E-state index in [1.807, 2.05) is 13.0 Å². The lowest BCUT2D eigenvalue weighted by atomic mass is 9.92. The number of hydrogen-bond donors (Lipinski definition) is 1. The minimum Gasteiger partial charge on any atom is -0.423 e. The monoisotopic (exact) mass is 443 g/mol. The van der Waals surface area contributed by atoms with Gasteiger partial charge in [0.1, 0.15) is 23.0 Å². The first-order valence-electron chi connectivity index (χ1n) is 10.3. The van der Waals surface area contributed by atoms with E-state index in [4.69, 9.17) is 16.3 Å². The van der Waals surface area contributed by atoms with E-state index < -0.39 is 5.82 Å². The fourth-order valence-electron chi connectivity index (χ4n) is 4.59. The average Bonchev–Trinajstić information content (AvgIpc) is 3.19. The van der Waals surface area contributed by atoms with Gasteiger partial charge in [0.05, 0.1) is 0 Å². The van der Waals surface area contributed by atoms with Crippen LogP contribution >= 0.6 is 11.6 Å². The van der Waals surface area contributed by atoms with Crippen molar-refractivity contribution in [1.82, 2.24) is 24.7 Å². The lowest BCUT2D eigenvalue weighted by Crippen LogP contribution is -2.48. The molecule has 2 aromatic heterocycles. The van der Waals surface area contributed by atoms with Gasteiger partial charge in [0.2, 0.25) is 5.95 Å². The van der Waals surface area contributed by atoms with Gasteiger partial charge in [-0.05, 0) is 43.7 Å². The first kappa shape index (κ1) is 20.0. The Morgan fingerprint density at radius 3 is 2.71 bits per heavy atom. The quantitative estimate of drug-likeness (QED) is 0.641. The number of aryl methyl sites for hydroxylation is 2. The van der Waals surface area contributed by atoms with Crippen molar-refractivity contribution >= 4 is 23.4 Å². The number of benzene rings is 1. The van der Waals surface area contributed by atoms with Gasteiger partial charge in [0.15, 0.2) is 5.75 Å². The van der Waals surface area contributed by atoms with Gasteiger partial charge in [-0.1, -0.05) is 17.7 Å². The number of fused-ring (bicyclic) bond motifs is 2. The molecule has 1 N–H and O–H groups in total. The maximum absolute atomic E-state index is 13.7. The molecule has 0 amide bonds. The third kappa shape index (κ3) is 3.89. The number of nitrogens with zero attached hydrogens (tertiary/aromatic N) is 6. The molecule has 8 nitrogen and oxygen atoms in total. The number of aromatic nitrogens is 5. The van der Waals surface area contributed by atoms with Crippen molar-refractivity contribution in [2.75, 3.05) is 23.3 Å². The maximum Gasteiger partial charge on any atom is 0.321 e. The van der Waals surface area contributed by atoms with E-state index in [1.54, 1.807) is 19.4 Å². The zero-order chi connectivity index (χ0) is 21.5. The van der Waals surface area contributed by atoms with E-state index in [9.17, 15) is 4.39 Å². The van der Waals surface area contributed by atoms with Crippen molar-refractivity contribution in [2.24, 2.45) is 18.9 Å². The Morgan fingerprint density at radius 2 is 1.97 bits per heavy atom. The number of hydrogen-bond acceptors (Lipinski definition) is 7. The largest absolute Gasteiger partial charge is 0.423 e. The second-order valence-corrected chi connectivity index (χ2v) is 8.56. The van der Waals surface area contributed by atoms with Crippen LogP contribution in [0.4, 0.5) is 16.2 Å². The molecule has 1 aromatic carbocycles. The fourth-order valence-corrected chi connectivity index (χ4v) is 4.75. The Hall–Kier alpha value is -2.94. The van der Waals surface area contributed by atoms with E-state index in [0.29, 0.717) is 17.8 Å². The van der Waals surface area contributed by atoms with Crippen LogP contribution in [0.1, 0.15) is 18.5 Å². The van der Waals surface area contributed by atoms with E-state index in [-0.39, 0.29) is 22.8 Å². The molecule has 0 spiro atoms. The topological polar surface area (TPSA) is 81.0 Å². The lowest BCUT2D eigenvalue weighted by Gasteiger charge is -2.38. The van der Waals surface area contributed by atoms with E-state index in [2.05, 4.69) is 30.3 Å². The standard InChI is InChI=1S/C21H23ClFN7O/c1-12-8-17(25-11-24-12)30-9-13-6-7-14(10-30)19(13)26-20-27-21(29(2)28-20)31-16-5-3-4-15(23)18(16)22/h3-5,8,11,13-14,19H,6-7,9-10H2,1-2H3,(H,26,28)/t13-,14+,19-. The van der Waals surface area contributed by atoms with Crippen molar-refractivity contribution < 1.29 is 9.13 Å². The summed E-state index contributed by atoms with van der Waals surface area (Å²) in [7, 11) is 1.73. The first-order chi connectivity index (χ1) is 15.0. The highest BCUT2D eigenvalue weighted by Gasteiger charge is 2.43. The minimum atomic E-state index is -0.540. The molecule has 5 rings (SSSR count). The molecule has 3 aromatic rings. The Bertz CT molecular complexity index is 1090. The molecule has 0 radical (unpaired) electrons. The summed E-state index contributed by atoms with van der Waals surface area (Å²) in [5, 5.41) is 7.87. The van der Waals surface area contributed by atoms with Gasteiger partial charge in [-0.3, -0.25) is 0 Å². The summed E-state index contributed by atoms with van der Waals surface area (Å²) in [4.78, 5) is 15.5. The third-order valence-electron chi connectivity index (χ3n) is 6.08. The number of nitrogens with one attached hydrogen (secondary N) is 1. The highest BCUT2D eigenvalue weighted by Crippen LogP contribution is 2.40. The Labute approximate surface area is 184 Å². The maximum atomic E-state index is 13.7. The molecule has 3 heterocycles. The van der Waals surface area contributed by atoms with Crippen molar-refractivity contribution in [3.05, 3.63) is 47.1 Å². The Balaban J connectivity index is 1.29. The van der Waals surface area contributed by atoms with Gasteiger partial charge in [-0.25, -0.2) is 19.0 Å². The van der Waals surface area contributed by atoms with Crippen LogP contribution in [0.15, 0.2) is 30.6 Å². The van der Waals surface area contributed by atoms with Crippen molar-refractivity contribution in [3.63, 3.8) is 0 Å². The molecule has 1 aliphatic heterocycles. The highest BCUT2D eigenvalue weighted by molar-refractivity contribution is 6.32. The summed E-state index contributed by atoms with van der Waals surface area (Å²) in [5.41, 5.74) is 0.973. The van der Waals surface area contributed by atoms with Crippen molar-refractivity contribution in [3.8, 4) is 11.8 Å². The summed E-state index contributed by atoms with van der Waals surface area (Å²) in [6, 6.07) is 6.98. The molecule has 1 aliphatic carbocycles. The van der Waals surface area contributed by atoms with Crippen molar-refractivity contribution in [1.29, 1.82) is 0 Å². The van der Waals surface area contributed by atoms with Crippen LogP contribution < -0.4 is 15.0 Å². The number of piperidine rings is 1. The van der Waals surface area contributed by atoms with Crippen LogP contribution in [0, 0.1) is 24.6 Å². The van der Waals surface area contributed by atoms with Crippen LogP contribution in [0.5, 0.6) is 11.8 Å². The highest BCUT2D eigenvalue weighted by atomic mass is 35.5. The third-order valence-corrected chi connectivity index (χ3v) is 6.45. The number of anilines is 2. The summed E-state index contributed by atoms with van der Waals surface area (Å²) in [6.07, 6.45) is 3.93.